The van der Waals surface area contributed by atoms with Crippen LogP contribution in [0.4, 0.5) is 5.69 Å². The van der Waals surface area contributed by atoms with Gasteiger partial charge in [0.25, 0.3) is 0 Å². The molecule has 5 nitrogen and oxygen atoms in total. The average molecular weight is 387 g/mol. The molecule has 0 fully saturated rings. The number of carbonyl (C=O) groups excluding carboxylic acids is 2. The van der Waals surface area contributed by atoms with Gasteiger partial charge in [0.05, 0.1) is 12.3 Å². The summed E-state index contributed by atoms with van der Waals surface area (Å²) in [7, 11) is 1.58. The van der Waals surface area contributed by atoms with Crippen LogP contribution >= 0.6 is 0 Å². The summed E-state index contributed by atoms with van der Waals surface area (Å²) < 4.78 is 11.2. The van der Waals surface area contributed by atoms with Crippen LogP contribution in [0, 0.1) is 0 Å². The van der Waals surface area contributed by atoms with Gasteiger partial charge in [-0.05, 0) is 18.2 Å². The van der Waals surface area contributed by atoms with Crippen molar-refractivity contribution in [3.63, 3.8) is 0 Å². The predicted molar refractivity (Wildman–Crippen MR) is 111 cm³/mol. The van der Waals surface area contributed by atoms with Crippen LogP contribution in [0.5, 0.6) is 11.5 Å². The highest BCUT2D eigenvalue weighted by atomic mass is 16.5. The predicted octanol–water partition coefficient (Wildman–Crippen LogP) is 4.91. The summed E-state index contributed by atoms with van der Waals surface area (Å²) >= 11 is 0. The van der Waals surface area contributed by atoms with Crippen molar-refractivity contribution < 1.29 is 19.1 Å². The molecule has 4 rings (SSSR count). The summed E-state index contributed by atoms with van der Waals surface area (Å²) in [5, 5.41) is 2.93. The SMILES string of the molecule is COCc1cccc(C=O)c1NC(=O)CC1c2ccccc2Oc2ccccc21. The summed E-state index contributed by atoms with van der Waals surface area (Å²) in [4.78, 5) is 24.5. The van der Waals surface area contributed by atoms with Crippen molar-refractivity contribution in [3.05, 3.63) is 89.0 Å². The van der Waals surface area contributed by atoms with E-state index < -0.39 is 0 Å². The lowest BCUT2D eigenvalue weighted by Gasteiger charge is -2.28. The van der Waals surface area contributed by atoms with Crippen molar-refractivity contribution in [2.75, 3.05) is 12.4 Å². The largest absolute Gasteiger partial charge is 0.457 e. The Hall–Kier alpha value is -3.44. The zero-order chi connectivity index (χ0) is 20.2. The van der Waals surface area contributed by atoms with E-state index in [1.807, 2.05) is 54.6 Å². The van der Waals surface area contributed by atoms with E-state index in [1.165, 1.54) is 0 Å². The normalized spacial score (nSPS) is 12.4. The number of anilines is 1. The quantitative estimate of drug-likeness (QED) is 0.610. The van der Waals surface area contributed by atoms with Gasteiger partial charge in [0.2, 0.25) is 5.91 Å². The third-order valence-electron chi connectivity index (χ3n) is 5.07. The molecule has 0 bridgehead atoms. The van der Waals surface area contributed by atoms with Crippen molar-refractivity contribution >= 4 is 17.9 Å². The molecule has 3 aromatic rings. The smallest absolute Gasteiger partial charge is 0.225 e. The Bertz CT molecular complexity index is 1010. The standard InChI is InChI=1S/C24H21NO4/c1-28-15-17-8-6-7-16(14-26)24(17)25-23(27)13-20-18-9-2-4-11-21(18)29-22-12-5-3-10-19(20)22/h2-12,14,20H,13,15H2,1H3,(H,25,27). The molecule has 0 aromatic heterocycles. The molecule has 1 aliphatic heterocycles. The number of aldehydes is 1. The first-order chi connectivity index (χ1) is 14.2. The first-order valence-electron chi connectivity index (χ1n) is 9.43. The van der Waals surface area contributed by atoms with Gasteiger partial charge in [-0.2, -0.15) is 0 Å². The Morgan fingerprint density at radius 3 is 2.28 bits per heavy atom. The maximum atomic E-state index is 13.0. The van der Waals surface area contributed by atoms with Crippen LogP contribution in [-0.2, 0) is 16.1 Å². The summed E-state index contributed by atoms with van der Waals surface area (Å²) in [5.41, 5.74) is 3.64. The van der Waals surface area contributed by atoms with Crippen LogP contribution in [0.1, 0.15) is 39.4 Å². The van der Waals surface area contributed by atoms with Gasteiger partial charge in [-0.25, -0.2) is 0 Å². The van der Waals surface area contributed by atoms with Gasteiger partial charge in [-0.1, -0.05) is 48.5 Å². The van der Waals surface area contributed by atoms with Crippen molar-refractivity contribution in [3.8, 4) is 11.5 Å². The summed E-state index contributed by atoms with van der Waals surface area (Å²) in [6.07, 6.45) is 0.977. The fraction of sp³-hybridized carbons (Fsp3) is 0.167. The number of para-hydroxylation sites is 3. The molecular formula is C24H21NO4. The van der Waals surface area contributed by atoms with Crippen molar-refractivity contribution in [1.29, 1.82) is 0 Å². The second kappa shape index (κ2) is 8.29. The van der Waals surface area contributed by atoms with Crippen LogP contribution < -0.4 is 10.1 Å². The van der Waals surface area contributed by atoms with E-state index in [-0.39, 0.29) is 18.2 Å². The molecule has 1 N–H and O–H groups in total. The Labute approximate surface area is 169 Å². The summed E-state index contributed by atoms with van der Waals surface area (Å²) in [6.45, 7) is 0.306. The lowest BCUT2D eigenvalue weighted by atomic mass is 9.85. The summed E-state index contributed by atoms with van der Waals surface area (Å²) in [5.74, 6) is 1.22. The highest BCUT2D eigenvalue weighted by Crippen LogP contribution is 2.45. The first-order valence-corrected chi connectivity index (χ1v) is 9.43. The Balaban J connectivity index is 1.64. The molecule has 0 atom stereocenters. The number of rotatable bonds is 6. The molecule has 0 saturated carbocycles. The van der Waals surface area contributed by atoms with Gasteiger partial charge in [-0.15, -0.1) is 0 Å². The average Bonchev–Trinajstić information content (AvgIpc) is 2.75. The second-order valence-electron chi connectivity index (χ2n) is 6.91. The van der Waals surface area contributed by atoms with E-state index in [4.69, 9.17) is 9.47 Å². The van der Waals surface area contributed by atoms with Gasteiger partial charge >= 0.3 is 0 Å². The van der Waals surface area contributed by atoms with E-state index in [0.29, 0.717) is 17.9 Å². The lowest BCUT2D eigenvalue weighted by Crippen LogP contribution is -2.20. The topological polar surface area (TPSA) is 64.6 Å². The van der Waals surface area contributed by atoms with Crippen LogP contribution in [0.2, 0.25) is 0 Å². The van der Waals surface area contributed by atoms with Crippen LogP contribution in [0.3, 0.4) is 0 Å². The lowest BCUT2D eigenvalue weighted by molar-refractivity contribution is -0.116. The van der Waals surface area contributed by atoms with Crippen molar-refractivity contribution in [1.82, 2.24) is 0 Å². The number of nitrogens with one attached hydrogen (secondary N) is 1. The first kappa shape index (κ1) is 18.9. The zero-order valence-electron chi connectivity index (χ0n) is 16.1. The molecular weight excluding hydrogens is 366 g/mol. The third kappa shape index (κ3) is 3.77. The van der Waals surface area contributed by atoms with Crippen LogP contribution in [0.25, 0.3) is 0 Å². The monoisotopic (exact) mass is 387 g/mol. The van der Waals surface area contributed by atoms with E-state index in [1.54, 1.807) is 19.2 Å². The molecule has 1 aliphatic rings. The number of ether oxygens (including phenoxy) is 2. The molecule has 0 aliphatic carbocycles. The van der Waals surface area contributed by atoms with Gasteiger partial charge in [0.15, 0.2) is 6.29 Å². The van der Waals surface area contributed by atoms with E-state index in [2.05, 4.69) is 5.32 Å². The molecule has 0 saturated heterocycles. The van der Waals surface area contributed by atoms with Crippen LogP contribution in [-0.4, -0.2) is 19.3 Å². The van der Waals surface area contributed by atoms with E-state index >= 15 is 0 Å². The van der Waals surface area contributed by atoms with Crippen molar-refractivity contribution in [2.45, 2.75) is 18.9 Å². The fourth-order valence-electron chi connectivity index (χ4n) is 3.75. The molecule has 3 aromatic carbocycles. The number of carbonyl (C=O) groups is 2. The zero-order valence-corrected chi connectivity index (χ0v) is 16.1. The van der Waals surface area contributed by atoms with Gasteiger partial charge in [0.1, 0.15) is 11.5 Å². The molecule has 0 spiro atoms. The number of benzene rings is 3. The summed E-state index contributed by atoms with van der Waals surface area (Å²) in [6, 6.07) is 20.8. The minimum Gasteiger partial charge on any atom is -0.457 e. The molecule has 1 heterocycles. The fourth-order valence-corrected chi connectivity index (χ4v) is 3.75. The Morgan fingerprint density at radius 2 is 1.66 bits per heavy atom. The number of hydrogen-bond donors (Lipinski definition) is 1. The highest BCUT2D eigenvalue weighted by molar-refractivity contribution is 5.98. The molecule has 146 valence electrons. The minimum absolute atomic E-state index is 0.134. The Morgan fingerprint density at radius 1 is 1.00 bits per heavy atom. The number of amides is 1. The number of methoxy groups -OCH3 is 1. The Kier molecular flexibility index (Phi) is 5.40. The molecule has 0 radical (unpaired) electrons. The molecule has 29 heavy (non-hydrogen) atoms. The second-order valence-corrected chi connectivity index (χ2v) is 6.91. The van der Waals surface area contributed by atoms with Gasteiger partial charge < -0.3 is 14.8 Å². The molecule has 5 heteroatoms. The van der Waals surface area contributed by atoms with Gasteiger partial charge in [0, 0.05) is 41.7 Å². The van der Waals surface area contributed by atoms with E-state index in [9.17, 15) is 9.59 Å². The van der Waals surface area contributed by atoms with E-state index in [0.717, 1.165) is 34.5 Å². The van der Waals surface area contributed by atoms with Gasteiger partial charge in [-0.3, -0.25) is 9.59 Å². The molecule has 0 unspecified atom stereocenters. The third-order valence-corrected chi connectivity index (χ3v) is 5.07. The highest BCUT2D eigenvalue weighted by Gasteiger charge is 2.29. The maximum absolute atomic E-state index is 13.0. The minimum atomic E-state index is -0.173. The van der Waals surface area contributed by atoms with Crippen molar-refractivity contribution in [2.24, 2.45) is 0 Å². The maximum Gasteiger partial charge on any atom is 0.225 e. The number of fused-ring (bicyclic) bond motifs is 2. The number of hydrogen-bond acceptors (Lipinski definition) is 4. The van der Waals surface area contributed by atoms with Crippen LogP contribution in [0.15, 0.2) is 66.7 Å². The molecule has 1 amide bonds.